The number of aromatic nitrogens is 4. The molecule has 42 heavy (non-hydrogen) atoms. The van der Waals surface area contributed by atoms with Crippen LogP contribution in [0.25, 0.3) is 11.2 Å². The summed E-state index contributed by atoms with van der Waals surface area (Å²) in [5.74, 6) is -1.96. The first kappa shape index (κ1) is 31.8. The summed E-state index contributed by atoms with van der Waals surface area (Å²) in [7, 11) is 0. The summed E-state index contributed by atoms with van der Waals surface area (Å²) in [6.07, 6.45) is 5.96. The number of carbonyl (C=O) groups is 4. The maximum absolute atomic E-state index is 12.7. The zero-order valence-electron chi connectivity index (χ0n) is 23.4. The van der Waals surface area contributed by atoms with E-state index in [0.717, 1.165) is 25.5 Å². The molecule has 0 aliphatic rings. The molecule has 2 heterocycles. The number of H-pyrrole nitrogens is 1. The van der Waals surface area contributed by atoms with Crippen LogP contribution in [0.15, 0.2) is 35.3 Å². The molecule has 14 nitrogen and oxygen atoms in total. The van der Waals surface area contributed by atoms with Crippen LogP contribution in [-0.4, -0.2) is 67.6 Å². The number of nitrogens with two attached hydrogens (primary N) is 1. The molecule has 224 valence electrons. The number of nitrogens with zero attached hydrogens (tertiary/aromatic N) is 3. The van der Waals surface area contributed by atoms with Crippen LogP contribution in [0.3, 0.4) is 0 Å². The summed E-state index contributed by atoms with van der Waals surface area (Å²) in [6.45, 7) is 2.75. The molecule has 0 fully saturated rings. The monoisotopic (exact) mass is 580 g/mol. The predicted molar refractivity (Wildman–Crippen MR) is 156 cm³/mol. The van der Waals surface area contributed by atoms with Crippen molar-refractivity contribution in [1.29, 1.82) is 0 Å². The summed E-state index contributed by atoms with van der Waals surface area (Å²) in [5.41, 5.74) is 6.61. The third kappa shape index (κ3) is 9.44. The van der Waals surface area contributed by atoms with Crippen LogP contribution in [0.5, 0.6) is 0 Å². The van der Waals surface area contributed by atoms with Crippen LogP contribution in [0.4, 0.5) is 11.6 Å². The van der Waals surface area contributed by atoms with E-state index in [1.54, 1.807) is 12.1 Å². The van der Waals surface area contributed by atoms with E-state index < -0.39 is 29.5 Å². The van der Waals surface area contributed by atoms with Gasteiger partial charge in [0.2, 0.25) is 5.95 Å². The van der Waals surface area contributed by atoms with Crippen LogP contribution in [0.1, 0.15) is 67.9 Å². The molecule has 1 aromatic carbocycles. The summed E-state index contributed by atoms with van der Waals surface area (Å²) in [5, 5.41) is 18.4. The van der Waals surface area contributed by atoms with Crippen molar-refractivity contribution in [2.24, 2.45) is 0 Å². The number of amides is 1. The van der Waals surface area contributed by atoms with Crippen molar-refractivity contribution in [3.8, 4) is 0 Å². The van der Waals surface area contributed by atoms with E-state index in [1.165, 1.54) is 18.3 Å². The highest BCUT2D eigenvalue weighted by atomic mass is 16.4. The maximum Gasteiger partial charge on any atom is 0.326 e. The van der Waals surface area contributed by atoms with Gasteiger partial charge in [-0.1, -0.05) is 13.3 Å². The van der Waals surface area contributed by atoms with Crippen molar-refractivity contribution >= 4 is 46.7 Å². The van der Waals surface area contributed by atoms with Gasteiger partial charge in [-0.25, -0.2) is 14.8 Å². The molecule has 0 saturated heterocycles. The van der Waals surface area contributed by atoms with Gasteiger partial charge in [-0.15, -0.1) is 0 Å². The molecule has 7 N–H and O–H groups in total. The highest BCUT2D eigenvalue weighted by molar-refractivity contribution is 5.97. The molecule has 0 radical (unpaired) electrons. The van der Waals surface area contributed by atoms with E-state index in [1.807, 2.05) is 6.92 Å². The molecule has 0 saturated carbocycles. The van der Waals surface area contributed by atoms with Crippen molar-refractivity contribution < 1.29 is 24.3 Å². The first-order chi connectivity index (χ1) is 20.2. The van der Waals surface area contributed by atoms with E-state index in [0.29, 0.717) is 30.8 Å². The van der Waals surface area contributed by atoms with E-state index in [9.17, 15) is 29.1 Å². The Hall–Kier alpha value is -4.72. The number of anilines is 2. The highest BCUT2D eigenvalue weighted by Gasteiger charge is 2.24. The third-order valence-electron chi connectivity index (χ3n) is 6.58. The van der Waals surface area contributed by atoms with E-state index in [2.05, 4.69) is 35.9 Å². The molecule has 3 rings (SSSR count). The zero-order valence-corrected chi connectivity index (χ0v) is 23.4. The van der Waals surface area contributed by atoms with Gasteiger partial charge in [-0.05, 0) is 56.5 Å². The molecule has 2 aromatic heterocycles. The fourth-order valence-corrected chi connectivity index (χ4v) is 4.24. The minimum absolute atomic E-state index is 0.00370. The number of aldehydes is 1. The van der Waals surface area contributed by atoms with Crippen LogP contribution in [-0.2, 0) is 20.9 Å². The second kappa shape index (κ2) is 15.9. The molecule has 2 atom stereocenters. The number of ketones is 1. The number of nitrogen functional groups attached to an aromatic ring is 1. The Kier molecular flexibility index (Phi) is 12.0. The smallest absolute Gasteiger partial charge is 0.326 e. The summed E-state index contributed by atoms with van der Waals surface area (Å²) in [4.78, 5) is 74.3. The minimum Gasteiger partial charge on any atom is -0.480 e. The number of hydrogen-bond donors (Lipinski definition) is 6. The largest absolute Gasteiger partial charge is 0.480 e. The van der Waals surface area contributed by atoms with Crippen molar-refractivity contribution in [2.45, 2.75) is 70.5 Å². The second-order valence-electron chi connectivity index (χ2n) is 9.72. The molecular weight excluding hydrogens is 544 g/mol. The number of nitrogens with one attached hydrogen (secondary N) is 4. The van der Waals surface area contributed by atoms with Crippen LogP contribution < -0.4 is 27.2 Å². The number of carbonyl (C=O) groups excluding carboxylic acids is 3. The SMILES string of the molecule is CCC(NCCCCCC=O)C(=O)CCC(NC(=O)c1ccc(NCc2cnc3nc(N)[nH]c(=O)c3n2)cc1)C(=O)O. The molecule has 2 unspecified atom stereocenters. The predicted octanol–water partition coefficient (Wildman–Crippen LogP) is 1.57. The fourth-order valence-electron chi connectivity index (χ4n) is 4.24. The van der Waals surface area contributed by atoms with Gasteiger partial charge in [0, 0.05) is 24.1 Å². The standard InChI is InChI=1S/C28H36N8O6/c1-2-20(30-13-5-3-4-6-14-37)22(38)12-11-21(27(41)42)34-25(39)17-7-9-18(10-8-17)31-15-19-16-32-24-23(33-19)26(40)36-28(29)35-24/h7-10,14,16,20-21,30-31H,2-6,11-13,15H2,1H3,(H,34,39)(H,41,42)(H3,29,32,35,36,40). The molecule has 3 aromatic rings. The van der Waals surface area contributed by atoms with Crippen molar-refractivity contribution in [2.75, 3.05) is 17.6 Å². The highest BCUT2D eigenvalue weighted by Crippen LogP contribution is 2.13. The normalized spacial score (nSPS) is 12.4. The minimum atomic E-state index is -1.22. The first-order valence-corrected chi connectivity index (χ1v) is 13.8. The Morgan fingerprint density at radius 1 is 1.10 bits per heavy atom. The number of aliphatic carboxylic acids is 1. The number of carboxylic acids is 1. The number of unbranched alkanes of at least 4 members (excludes halogenated alkanes) is 3. The number of carboxylic acid groups (broad SMARTS) is 1. The first-order valence-electron chi connectivity index (χ1n) is 13.8. The number of benzene rings is 1. The third-order valence-corrected chi connectivity index (χ3v) is 6.58. The van der Waals surface area contributed by atoms with E-state index >= 15 is 0 Å². The molecular formula is C28H36N8O6. The lowest BCUT2D eigenvalue weighted by Crippen LogP contribution is -2.42. The maximum atomic E-state index is 12.7. The van der Waals surface area contributed by atoms with E-state index in [-0.39, 0.29) is 47.8 Å². The topological polar surface area (TPSA) is 222 Å². The van der Waals surface area contributed by atoms with Gasteiger partial charge in [0.25, 0.3) is 11.5 Å². The van der Waals surface area contributed by atoms with Crippen molar-refractivity contribution in [1.82, 2.24) is 30.6 Å². The van der Waals surface area contributed by atoms with E-state index in [4.69, 9.17) is 5.73 Å². The molecule has 0 aliphatic heterocycles. The summed E-state index contributed by atoms with van der Waals surface area (Å²) in [6, 6.07) is 4.76. The van der Waals surface area contributed by atoms with Crippen LogP contribution in [0.2, 0.25) is 0 Å². The lowest BCUT2D eigenvalue weighted by Gasteiger charge is -2.18. The summed E-state index contributed by atoms with van der Waals surface area (Å²) >= 11 is 0. The van der Waals surface area contributed by atoms with Crippen LogP contribution >= 0.6 is 0 Å². The fraction of sp³-hybridized carbons (Fsp3) is 0.429. The number of Topliss-reactive ketones (excluding diaryl/α,β-unsaturated/α-hetero) is 1. The average molecular weight is 581 g/mol. The number of rotatable bonds is 18. The molecule has 1 amide bonds. The lowest BCUT2D eigenvalue weighted by atomic mass is 10.0. The molecule has 0 aliphatic carbocycles. The number of fused-ring (bicyclic) bond motifs is 1. The quantitative estimate of drug-likeness (QED) is 0.0932. The van der Waals surface area contributed by atoms with Gasteiger partial charge >= 0.3 is 5.97 Å². The Morgan fingerprint density at radius 2 is 1.86 bits per heavy atom. The number of hydrogen-bond acceptors (Lipinski definition) is 11. The van der Waals surface area contributed by atoms with Crippen LogP contribution in [0, 0.1) is 0 Å². The van der Waals surface area contributed by atoms with Gasteiger partial charge in [-0.3, -0.25) is 19.4 Å². The Balaban J connectivity index is 1.49. The molecule has 0 spiro atoms. The van der Waals surface area contributed by atoms with Crippen molar-refractivity contribution in [3.63, 3.8) is 0 Å². The number of aromatic amines is 1. The second-order valence-corrected chi connectivity index (χ2v) is 9.72. The average Bonchev–Trinajstić information content (AvgIpc) is 2.97. The Morgan fingerprint density at radius 3 is 2.55 bits per heavy atom. The zero-order chi connectivity index (χ0) is 30.5. The Bertz CT molecular complexity index is 1440. The van der Waals surface area contributed by atoms with Gasteiger partial charge in [0.15, 0.2) is 11.2 Å². The van der Waals surface area contributed by atoms with Gasteiger partial charge in [0.05, 0.1) is 24.5 Å². The van der Waals surface area contributed by atoms with Gasteiger partial charge < -0.3 is 31.6 Å². The Labute approximate surface area is 241 Å². The van der Waals surface area contributed by atoms with Gasteiger partial charge in [-0.2, -0.15) is 4.98 Å². The summed E-state index contributed by atoms with van der Waals surface area (Å²) < 4.78 is 0. The van der Waals surface area contributed by atoms with Gasteiger partial charge in [0.1, 0.15) is 18.1 Å². The molecule has 0 bridgehead atoms. The lowest BCUT2D eigenvalue weighted by molar-refractivity contribution is -0.139. The molecule has 14 heteroatoms. The van der Waals surface area contributed by atoms with Crippen molar-refractivity contribution in [3.05, 3.63) is 52.1 Å².